The number of aryl methyl sites for hydroxylation is 2. The van der Waals surface area contributed by atoms with E-state index in [0.717, 1.165) is 43.7 Å². The number of nitrogens with one attached hydrogen (secondary N) is 1. The number of hydrogen-bond acceptors (Lipinski definition) is 5. The third kappa shape index (κ3) is 3.31. The van der Waals surface area contributed by atoms with Gasteiger partial charge in [0.2, 0.25) is 10.0 Å². The van der Waals surface area contributed by atoms with E-state index < -0.39 is 10.0 Å². The topological polar surface area (TPSA) is 61.9 Å². The highest BCUT2D eigenvalue weighted by atomic mass is 32.2. The van der Waals surface area contributed by atoms with Crippen molar-refractivity contribution in [3.63, 3.8) is 0 Å². The monoisotopic (exact) mass is 353 g/mol. The molecule has 1 N–H and O–H groups in total. The molecular formula is C17H27N3O3S. The number of nitrogens with zero attached hydrogens (tertiary/aromatic N) is 2. The summed E-state index contributed by atoms with van der Waals surface area (Å²) in [4.78, 5) is 2.70. The molecule has 1 aromatic rings. The normalized spacial score (nSPS) is 23.5. The summed E-state index contributed by atoms with van der Waals surface area (Å²) >= 11 is 0. The first-order chi connectivity index (χ1) is 11.4. The molecule has 2 aliphatic rings. The summed E-state index contributed by atoms with van der Waals surface area (Å²) in [5.41, 5.74) is 1.79. The quantitative estimate of drug-likeness (QED) is 0.874. The van der Waals surface area contributed by atoms with Crippen molar-refractivity contribution in [2.45, 2.75) is 31.2 Å². The summed E-state index contributed by atoms with van der Waals surface area (Å²) in [5, 5.41) is 3.34. The molecule has 7 heteroatoms. The van der Waals surface area contributed by atoms with Crippen molar-refractivity contribution in [2.24, 2.45) is 0 Å². The van der Waals surface area contributed by atoms with E-state index >= 15 is 0 Å². The van der Waals surface area contributed by atoms with Crippen LogP contribution in [0.5, 0.6) is 5.75 Å². The van der Waals surface area contributed by atoms with Crippen LogP contribution >= 0.6 is 0 Å². The standard InChI is InChI=1S/C17H27N3O3S/c1-13-10-14(2)17(23-3)16(11-13)24(21,22)20-7-4-15(12-20)19-8-5-18-6-9-19/h10-11,15,18H,4-9,12H2,1-3H3. The third-order valence-corrected chi connectivity index (χ3v) is 6.87. The second-order valence-electron chi connectivity index (χ2n) is 6.70. The predicted octanol–water partition coefficient (Wildman–Crippen LogP) is 0.980. The third-order valence-electron chi connectivity index (χ3n) is 5.00. The Morgan fingerprint density at radius 2 is 1.88 bits per heavy atom. The fourth-order valence-corrected chi connectivity index (χ4v) is 5.59. The van der Waals surface area contributed by atoms with Crippen molar-refractivity contribution >= 4 is 10.0 Å². The molecule has 6 nitrogen and oxygen atoms in total. The van der Waals surface area contributed by atoms with E-state index in [1.807, 2.05) is 19.9 Å². The molecule has 1 atom stereocenters. The van der Waals surface area contributed by atoms with Gasteiger partial charge in [0.05, 0.1) is 7.11 Å². The average molecular weight is 353 g/mol. The van der Waals surface area contributed by atoms with Crippen LogP contribution in [0.2, 0.25) is 0 Å². The molecule has 2 heterocycles. The van der Waals surface area contributed by atoms with Gasteiger partial charge in [-0.05, 0) is 37.5 Å². The Balaban J connectivity index is 1.84. The summed E-state index contributed by atoms with van der Waals surface area (Å²) in [6, 6.07) is 3.99. The minimum atomic E-state index is -3.53. The lowest BCUT2D eigenvalue weighted by molar-refractivity contribution is 0.179. The number of sulfonamides is 1. The van der Waals surface area contributed by atoms with E-state index in [4.69, 9.17) is 4.74 Å². The van der Waals surface area contributed by atoms with Crippen molar-refractivity contribution in [2.75, 3.05) is 46.4 Å². The van der Waals surface area contributed by atoms with Gasteiger partial charge in [0.25, 0.3) is 0 Å². The van der Waals surface area contributed by atoms with Crippen LogP contribution in [0, 0.1) is 13.8 Å². The largest absolute Gasteiger partial charge is 0.495 e. The number of piperazine rings is 1. The zero-order chi connectivity index (χ0) is 17.3. The summed E-state index contributed by atoms with van der Waals surface area (Å²) in [5.74, 6) is 0.464. The van der Waals surface area contributed by atoms with Crippen LogP contribution in [0.3, 0.4) is 0 Å². The molecular weight excluding hydrogens is 326 g/mol. The second kappa shape index (κ2) is 7.00. The van der Waals surface area contributed by atoms with Gasteiger partial charge < -0.3 is 10.1 Å². The Morgan fingerprint density at radius 1 is 1.17 bits per heavy atom. The number of benzene rings is 1. The number of methoxy groups -OCH3 is 1. The predicted molar refractivity (Wildman–Crippen MR) is 94.1 cm³/mol. The Hall–Kier alpha value is -1.15. The molecule has 134 valence electrons. The second-order valence-corrected chi connectivity index (χ2v) is 8.61. The van der Waals surface area contributed by atoms with Gasteiger partial charge in [0, 0.05) is 45.3 Å². The highest BCUT2D eigenvalue weighted by Crippen LogP contribution is 2.33. The van der Waals surface area contributed by atoms with E-state index in [0.29, 0.717) is 29.8 Å². The Bertz CT molecular complexity index is 699. The first-order valence-electron chi connectivity index (χ1n) is 8.53. The van der Waals surface area contributed by atoms with E-state index in [-0.39, 0.29) is 0 Å². The highest BCUT2D eigenvalue weighted by Gasteiger charge is 2.37. The molecule has 2 aliphatic heterocycles. The number of rotatable bonds is 4. The molecule has 1 aromatic carbocycles. The first kappa shape index (κ1) is 17.7. The Morgan fingerprint density at radius 3 is 2.54 bits per heavy atom. The highest BCUT2D eigenvalue weighted by molar-refractivity contribution is 7.89. The molecule has 0 saturated carbocycles. The zero-order valence-corrected chi connectivity index (χ0v) is 15.5. The Kier molecular flexibility index (Phi) is 5.15. The average Bonchev–Trinajstić information content (AvgIpc) is 3.06. The Labute approximate surface area is 144 Å². The summed E-state index contributed by atoms with van der Waals surface area (Å²) in [6.45, 7) is 8.89. The van der Waals surface area contributed by atoms with Gasteiger partial charge in [0.1, 0.15) is 10.6 Å². The lowest BCUT2D eigenvalue weighted by atomic mass is 10.1. The van der Waals surface area contributed by atoms with Crippen LogP contribution in [0.15, 0.2) is 17.0 Å². The molecule has 1 unspecified atom stereocenters. The molecule has 0 radical (unpaired) electrons. The van der Waals surface area contributed by atoms with Crippen molar-refractivity contribution in [3.05, 3.63) is 23.3 Å². The molecule has 2 saturated heterocycles. The molecule has 0 bridgehead atoms. The maximum atomic E-state index is 13.2. The van der Waals surface area contributed by atoms with Crippen LogP contribution in [0.4, 0.5) is 0 Å². The smallest absolute Gasteiger partial charge is 0.246 e. The van der Waals surface area contributed by atoms with Crippen molar-refractivity contribution in [1.82, 2.24) is 14.5 Å². The summed E-state index contributed by atoms with van der Waals surface area (Å²) in [6.07, 6.45) is 0.895. The summed E-state index contributed by atoms with van der Waals surface area (Å²) < 4.78 is 33.3. The van der Waals surface area contributed by atoms with Crippen molar-refractivity contribution < 1.29 is 13.2 Å². The van der Waals surface area contributed by atoms with Crippen molar-refractivity contribution in [3.8, 4) is 5.75 Å². The first-order valence-corrected chi connectivity index (χ1v) is 9.97. The number of ether oxygens (including phenoxy) is 1. The van der Waals surface area contributed by atoms with Gasteiger partial charge in [-0.2, -0.15) is 4.31 Å². The van der Waals surface area contributed by atoms with Crippen LogP contribution in [-0.2, 0) is 10.0 Å². The minimum absolute atomic E-state index is 0.295. The molecule has 2 fully saturated rings. The molecule has 0 aromatic heterocycles. The van der Waals surface area contributed by atoms with Crippen LogP contribution in [0.1, 0.15) is 17.5 Å². The van der Waals surface area contributed by atoms with E-state index in [9.17, 15) is 8.42 Å². The molecule has 0 aliphatic carbocycles. The van der Waals surface area contributed by atoms with E-state index in [1.165, 1.54) is 7.11 Å². The fraction of sp³-hybridized carbons (Fsp3) is 0.647. The molecule has 0 amide bonds. The van der Waals surface area contributed by atoms with Gasteiger partial charge in [-0.25, -0.2) is 8.42 Å². The van der Waals surface area contributed by atoms with Gasteiger partial charge in [0.15, 0.2) is 0 Å². The SMILES string of the molecule is COc1c(C)cc(C)cc1S(=O)(=O)N1CCC(N2CCNCC2)C1. The van der Waals surface area contributed by atoms with Gasteiger partial charge in [-0.15, -0.1) is 0 Å². The van der Waals surface area contributed by atoms with E-state index in [1.54, 1.807) is 10.4 Å². The van der Waals surface area contributed by atoms with E-state index in [2.05, 4.69) is 10.2 Å². The van der Waals surface area contributed by atoms with Crippen molar-refractivity contribution in [1.29, 1.82) is 0 Å². The zero-order valence-electron chi connectivity index (χ0n) is 14.7. The lowest BCUT2D eigenvalue weighted by Crippen LogP contribution is -2.49. The number of hydrogen-bond donors (Lipinski definition) is 1. The van der Waals surface area contributed by atoms with Gasteiger partial charge in [-0.1, -0.05) is 6.07 Å². The fourth-order valence-electron chi connectivity index (χ4n) is 3.78. The molecule has 0 spiro atoms. The lowest BCUT2D eigenvalue weighted by Gasteiger charge is -2.32. The molecule has 3 rings (SSSR count). The van der Waals surface area contributed by atoms with Crippen LogP contribution < -0.4 is 10.1 Å². The maximum absolute atomic E-state index is 13.2. The van der Waals surface area contributed by atoms with Gasteiger partial charge >= 0.3 is 0 Å². The van der Waals surface area contributed by atoms with Crippen LogP contribution in [-0.4, -0.2) is 70.0 Å². The van der Waals surface area contributed by atoms with Gasteiger partial charge in [-0.3, -0.25) is 4.90 Å². The minimum Gasteiger partial charge on any atom is -0.495 e. The molecule has 24 heavy (non-hydrogen) atoms. The van der Waals surface area contributed by atoms with Crippen LogP contribution in [0.25, 0.3) is 0 Å². The maximum Gasteiger partial charge on any atom is 0.246 e. The summed E-state index contributed by atoms with van der Waals surface area (Å²) in [7, 11) is -2.00.